The fraction of sp³-hybridized carbons (Fsp3) is 0.192. The summed E-state index contributed by atoms with van der Waals surface area (Å²) in [5.74, 6) is -0.00129. The first-order valence-electron chi connectivity index (χ1n) is 10.5. The number of fused-ring (bicyclic) bond motifs is 1. The Bertz CT molecular complexity index is 1160. The Hall–Kier alpha value is -3.11. The van der Waals surface area contributed by atoms with E-state index < -0.39 is 0 Å². The molecule has 4 heteroatoms. The molecule has 0 atom stereocenters. The molecule has 2 heterocycles. The minimum atomic E-state index is -0.00129. The van der Waals surface area contributed by atoms with Crippen LogP contribution < -0.4 is 5.32 Å². The van der Waals surface area contributed by atoms with E-state index >= 15 is 0 Å². The van der Waals surface area contributed by atoms with Crippen LogP contribution in [0.3, 0.4) is 0 Å². The van der Waals surface area contributed by atoms with Crippen molar-refractivity contribution in [1.82, 2.24) is 4.57 Å². The quantitative estimate of drug-likeness (QED) is 0.412. The molecule has 1 aliphatic carbocycles. The first kappa shape index (κ1) is 18.9. The van der Waals surface area contributed by atoms with E-state index in [2.05, 4.69) is 40.2 Å². The van der Waals surface area contributed by atoms with Crippen molar-refractivity contribution in [2.45, 2.75) is 32.1 Å². The second kappa shape index (κ2) is 8.33. The molecule has 0 bridgehead atoms. The number of anilines is 1. The van der Waals surface area contributed by atoms with Crippen LogP contribution in [0.2, 0.25) is 0 Å². The highest BCUT2D eigenvalue weighted by Gasteiger charge is 2.26. The number of para-hydroxylation sites is 1. The Labute approximate surface area is 181 Å². The number of amides is 1. The average molecular weight is 413 g/mol. The number of rotatable bonds is 5. The van der Waals surface area contributed by atoms with Crippen LogP contribution in [-0.2, 0) is 19.3 Å². The molecule has 0 unspecified atom stereocenters. The van der Waals surface area contributed by atoms with Crippen LogP contribution in [0.15, 0.2) is 79.1 Å². The molecule has 0 saturated carbocycles. The van der Waals surface area contributed by atoms with E-state index in [0.29, 0.717) is 0 Å². The third-order valence-corrected chi connectivity index (χ3v) is 7.03. The van der Waals surface area contributed by atoms with E-state index in [0.717, 1.165) is 47.5 Å². The van der Waals surface area contributed by atoms with Gasteiger partial charge in [0.15, 0.2) is 0 Å². The fourth-order valence-corrected chi connectivity index (χ4v) is 5.59. The van der Waals surface area contributed by atoms with Crippen LogP contribution in [0.5, 0.6) is 0 Å². The monoisotopic (exact) mass is 412 g/mol. The van der Waals surface area contributed by atoms with Gasteiger partial charge in [0.1, 0.15) is 5.00 Å². The molecule has 150 valence electrons. The van der Waals surface area contributed by atoms with Gasteiger partial charge in [-0.05, 0) is 67.0 Å². The zero-order chi connectivity index (χ0) is 20.3. The molecule has 1 amide bonds. The molecule has 2 aromatic carbocycles. The van der Waals surface area contributed by atoms with Crippen molar-refractivity contribution < 1.29 is 4.79 Å². The molecule has 0 fully saturated rings. The molecule has 0 spiro atoms. The van der Waals surface area contributed by atoms with Crippen LogP contribution >= 0.6 is 11.3 Å². The van der Waals surface area contributed by atoms with Crippen molar-refractivity contribution in [2.75, 3.05) is 5.32 Å². The first-order chi connectivity index (χ1) is 14.8. The van der Waals surface area contributed by atoms with Crippen molar-refractivity contribution in [3.8, 4) is 5.00 Å². The van der Waals surface area contributed by atoms with E-state index in [-0.39, 0.29) is 5.91 Å². The molecule has 0 radical (unpaired) electrons. The summed E-state index contributed by atoms with van der Waals surface area (Å²) < 4.78 is 2.08. The summed E-state index contributed by atoms with van der Waals surface area (Å²) in [6, 6.07) is 22.5. The zero-order valence-electron chi connectivity index (χ0n) is 16.8. The lowest BCUT2D eigenvalue weighted by atomic mass is 9.95. The Morgan fingerprint density at radius 2 is 1.63 bits per heavy atom. The number of nitrogens with one attached hydrogen (secondary N) is 1. The van der Waals surface area contributed by atoms with Gasteiger partial charge >= 0.3 is 0 Å². The minimum absolute atomic E-state index is 0.00129. The Morgan fingerprint density at radius 1 is 0.900 bits per heavy atom. The number of carbonyl (C=O) groups is 1. The highest BCUT2D eigenvalue weighted by atomic mass is 32.1. The second-order valence-electron chi connectivity index (χ2n) is 7.76. The number of carbonyl (C=O) groups excluding carboxylic acids is 1. The van der Waals surface area contributed by atoms with Gasteiger partial charge in [-0.1, -0.05) is 48.5 Å². The largest absolute Gasteiger partial charge is 0.322 e. The van der Waals surface area contributed by atoms with E-state index in [1.165, 1.54) is 22.4 Å². The zero-order valence-corrected chi connectivity index (χ0v) is 17.6. The van der Waals surface area contributed by atoms with Crippen molar-refractivity contribution in [1.29, 1.82) is 0 Å². The minimum Gasteiger partial charge on any atom is -0.322 e. The number of aryl methyl sites for hydroxylation is 1. The molecule has 1 N–H and O–H groups in total. The fourth-order valence-electron chi connectivity index (χ4n) is 4.23. The molecule has 2 aromatic heterocycles. The Balaban J connectivity index is 1.49. The molecule has 0 saturated heterocycles. The maximum atomic E-state index is 13.6. The van der Waals surface area contributed by atoms with Crippen molar-refractivity contribution in [3.63, 3.8) is 0 Å². The summed E-state index contributed by atoms with van der Waals surface area (Å²) >= 11 is 1.77. The lowest BCUT2D eigenvalue weighted by Crippen LogP contribution is -2.17. The predicted molar refractivity (Wildman–Crippen MR) is 124 cm³/mol. The topological polar surface area (TPSA) is 34.0 Å². The van der Waals surface area contributed by atoms with Crippen LogP contribution in [0.25, 0.3) is 5.00 Å². The molecular weight excluding hydrogens is 388 g/mol. The van der Waals surface area contributed by atoms with E-state index in [1.807, 2.05) is 48.8 Å². The van der Waals surface area contributed by atoms with Crippen LogP contribution in [0.1, 0.15) is 44.8 Å². The molecule has 5 rings (SSSR count). The highest BCUT2D eigenvalue weighted by Crippen LogP contribution is 2.37. The standard InChI is InChI=1S/C26H24N2OS/c29-25(27-22-14-6-4-12-20(22)18-19-10-2-1-3-11-19)24-21-13-5-7-15-23(21)30-26(24)28-16-8-9-17-28/h1-4,6,8-12,14,16-17H,5,7,13,15,18H2,(H,27,29). The summed E-state index contributed by atoms with van der Waals surface area (Å²) in [5.41, 5.74) is 5.35. The van der Waals surface area contributed by atoms with Crippen molar-refractivity contribution in [2.24, 2.45) is 0 Å². The third-order valence-electron chi connectivity index (χ3n) is 5.72. The predicted octanol–water partition coefficient (Wildman–Crippen LogP) is 6.26. The van der Waals surface area contributed by atoms with Crippen molar-refractivity contribution >= 4 is 22.9 Å². The second-order valence-corrected chi connectivity index (χ2v) is 8.84. The number of benzene rings is 2. The van der Waals surface area contributed by atoms with E-state index in [4.69, 9.17) is 0 Å². The SMILES string of the molecule is O=C(Nc1ccccc1Cc1ccccc1)c1c(-n2cccc2)sc2c1CCCC2. The van der Waals surface area contributed by atoms with Gasteiger partial charge in [-0.2, -0.15) is 0 Å². The van der Waals surface area contributed by atoms with Gasteiger partial charge in [0.25, 0.3) is 5.91 Å². The Kier molecular flexibility index (Phi) is 5.24. The number of nitrogens with zero attached hydrogens (tertiary/aromatic N) is 1. The van der Waals surface area contributed by atoms with Crippen LogP contribution in [-0.4, -0.2) is 10.5 Å². The molecule has 1 aliphatic rings. The number of hydrogen-bond donors (Lipinski definition) is 1. The van der Waals surface area contributed by atoms with E-state index in [9.17, 15) is 4.79 Å². The summed E-state index contributed by atoms with van der Waals surface area (Å²) in [4.78, 5) is 14.9. The molecule has 4 aromatic rings. The summed E-state index contributed by atoms with van der Waals surface area (Å²) in [6.07, 6.45) is 9.27. The van der Waals surface area contributed by atoms with Crippen LogP contribution in [0.4, 0.5) is 5.69 Å². The maximum absolute atomic E-state index is 13.6. The normalized spacial score (nSPS) is 13.1. The highest BCUT2D eigenvalue weighted by molar-refractivity contribution is 7.15. The lowest BCUT2D eigenvalue weighted by Gasteiger charge is -2.15. The molecule has 3 nitrogen and oxygen atoms in total. The summed E-state index contributed by atoms with van der Waals surface area (Å²) in [5, 5.41) is 4.27. The number of thiophene rings is 1. The Morgan fingerprint density at radius 3 is 2.47 bits per heavy atom. The van der Waals surface area contributed by atoms with Gasteiger partial charge in [-0.25, -0.2) is 0 Å². The lowest BCUT2D eigenvalue weighted by molar-refractivity contribution is 0.102. The summed E-state index contributed by atoms with van der Waals surface area (Å²) in [6.45, 7) is 0. The smallest absolute Gasteiger partial charge is 0.258 e. The van der Waals surface area contributed by atoms with Gasteiger partial charge < -0.3 is 9.88 Å². The van der Waals surface area contributed by atoms with Gasteiger partial charge in [0, 0.05) is 23.0 Å². The number of hydrogen-bond acceptors (Lipinski definition) is 2. The van der Waals surface area contributed by atoms with Gasteiger partial charge in [-0.3, -0.25) is 4.79 Å². The first-order valence-corrected chi connectivity index (χ1v) is 11.3. The van der Waals surface area contributed by atoms with Gasteiger partial charge in [-0.15, -0.1) is 11.3 Å². The third kappa shape index (κ3) is 3.71. The summed E-state index contributed by atoms with van der Waals surface area (Å²) in [7, 11) is 0. The molecule has 0 aliphatic heterocycles. The van der Waals surface area contributed by atoms with Crippen molar-refractivity contribution in [3.05, 3.63) is 106 Å². The van der Waals surface area contributed by atoms with E-state index in [1.54, 1.807) is 11.3 Å². The molecular formula is C26H24N2OS. The number of aromatic nitrogens is 1. The van der Waals surface area contributed by atoms with Crippen LogP contribution in [0, 0.1) is 0 Å². The van der Waals surface area contributed by atoms with Gasteiger partial charge in [0.05, 0.1) is 5.56 Å². The average Bonchev–Trinajstić information content (AvgIpc) is 3.43. The maximum Gasteiger partial charge on any atom is 0.258 e. The van der Waals surface area contributed by atoms with Gasteiger partial charge in [0.2, 0.25) is 0 Å². The molecule has 30 heavy (non-hydrogen) atoms.